The van der Waals surface area contributed by atoms with Crippen LogP contribution >= 0.6 is 0 Å². The first-order chi connectivity index (χ1) is 10.4. The Balaban J connectivity index is 1.67. The summed E-state index contributed by atoms with van der Waals surface area (Å²) in [5, 5.41) is 3.44. The van der Waals surface area contributed by atoms with Gasteiger partial charge in [-0.2, -0.15) is 4.98 Å². The van der Waals surface area contributed by atoms with Gasteiger partial charge in [-0.15, -0.1) is 0 Å². The zero-order valence-corrected chi connectivity index (χ0v) is 12.9. The first-order valence-corrected chi connectivity index (χ1v) is 8.30. The molecular weight excluding hydrogens is 264 g/mol. The molecule has 0 unspecified atom stereocenters. The molecule has 116 valence electrons. The second-order valence-electron chi connectivity index (χ2n) is 6.12. The molecule has 1 saturated heterocycles. The van der Waals surface area contributed by atoms with Gasteiger partial charge < -0.3 is 15.0 Å². The third kappa shape index (κ3) is 4.06. The van der Waals surface area contributed by atoms with E-state index in [0.717, 1.165) is 37.9 Å². The van der Waals surface area contributed by atoms with Crippen molar-refractivity contribution in [3.63, 3.8) is 0 Å². The lowest BCUT2D eigenvalue weighted by Gasteiger charge is -2.30. The fourth-order valence-electron chi connectivity index (χ4n) is 2.88. The Kier molecular flexibility index (Phi) is 4.91. The minimum Gasteiger partial charge on any atom is -0.478 e. The number of nitrogens with zero attached hydrogens (tertiary/aromatic N) is 3. The first-order valence-electron chi connectivity index (χ1n) is 8.30. The Morgan fingerprint density at radius 3 is 2.81 bits per heavy atom. The van der Waals surface area contributed by atoms with Crippen molar-refractivity contribution in [2.75, 3.05) is 31.1 Å². The molecule has 1 N–H and O–H groups in total. The standard InChI is InChI=1S/C16H26N4O/c1-2-11-21-15-7-10-18-16(19-15)20(14-3-4-14)12-13-5-8-17-9-6-13/h7,10,13-14,17H,2-6,8-9,11-12H2,1H3. The lowest BCUT2D eigenvalue weighted by atomic mass is 9.97. The molecular formula is C16H26N4O. The van der Waals surface area contributed by atoms with Gasteiger partial charge in [-0.25, -0.2) is 4.98 Å². The van der Waals surface area contributed by atoms with Crippen LogP contribution in [0.2, 0.25) is 0 Å². The Hall–Kier alpha value is -1.36. The fraction of sp³-hybridized carbons (Fsp3) is 0.750. The molecule has 3 rings (SSSR count). The van der Waals surface area contributed by atoms with Crippen molar-refractivity contribution in [1.82, 2.24) is 15.3 Å². The van der Waals surface area contributed by atoms with Crippen LogP contribution in [0.15, 0.2) is 12.3 Å². The van der Waals surface area contributed by atoms with Crippen molar-refractivity contribution in [2.24, 2.45) is 5.92 Å². The van der Waals surface area contributed by atoms with Crippen LogP contribution < -0.4 is 15.0 Å². The van der Waals surface area contributed by atoms with Crippen LogP contribution in [0.25, 0.3) is 0 Å². The molecule has 0 radical (unpaired) electrons. The van der Waals surface area contributed by atoms with Crippen LogP contribution in [-0.4, -0.2) is 42.3 Å². The SMILES string of the molecule is CCCOc1ccnc(N(CC2CCNCC2)C2CC2)n1. The van der Waals surface area contributed by atoms with Crippen LogP contribution in [0.3, 0.4) is 0 Å². The minimum atomic E-state index is 0.640. The Labute approximate surface area is 127 Å². The van der Waals surface area contributed by atoms with E-state index in [-0.39, 0.29) is 0 Å². The molecule has 0 spiro atoms. The van der Waals surface area contributed by atoms with Crippen LogP contribution in [0.5, 0.6) is 5.88 Å². The summed E-state index contributed by atoms with van der Waals surface area (Å²) in [6.07, 6.45) is 7.89. The monoisotopic (exact) mass is 290 g/mol. The highest BCUT2D eigenvalue weighted by atomic mass is 16.5. The van der Waals surface area contributed by atoms with Crippen LogP contribution in [0.4, 0.5) is 5.95 Å². The number of nitrogens with one attached hydrogen (secondary N) is 1. The van der Waals surface area contributed by atoms with Gasteiger partial charge in [0.15, 0.2) is 0 Å². The largest absolute Gasteiger partial charge is 0.478 e. The van der Waals surface area contributed by atoms with Gasteiger partial charge in [-0.3, -0.25) is 0 Å². The van der Waals surface area contributed by atoms with E-state index in [2.05, 4.69) is 27.1 Å². The molecule has 2 aliphatic rings. The first kappa shape index (κ1) is 14.6. The molecule has 1 saturated carbocycles. The quantitative estimate of drug-likeness (QED) is 0.834. The molecule has 1 aromatic heterocycles. The number of aromatic nitrogens is 2. The van der Waals surface area contributed by atoms with E-state index in [1.165, 1.54) is 25.7 Å². The van der Waals surface area contributed by atoms with Gasteiger partial charge in [-0.1, -0.05) is 6.92 Å². The molecule has 0 atom stereocenters. The van der Waals surface area contributed by atoms with Crippen molar-refractivity contribution in [1.29, 1.82) is 0 Å². The topological polar surface area (TPSA) is 50.3 Å². The number of hydrogen-bond acceptors (Lipinski definition) is 5. The van der Waals surface area contributed by atoms with Gasteiger partial charge in [0.1, 0.15) is 0 Å². The van der Waals surface area contributed by atoms with E-state index in [4.69, 9.17) is 4.74 Å². The highest BCUT2D eigenvalue weighted by Crippen LogP contribution is 2.32. The van der Waals surface area contributed by atoms with Crippen molar-refractivity contribution in [2.45, 2.75) is 45.1 Å². The number of piperidine rings is 1. The molecule has 0 aromatic carbocycles. The maximum atomic E-state index is 5.65. The molecule has 0 amide bonds. The summed E-state index contributed by atoms with van der Waals surface area (Å²) >= 11 is 0. The van der Waals surface area contributed by atoms with Crippen LogP contribution in [0.1, 0.15) is 39.0 Å². The molecule has 1 aliphatic heterocycles. The Morgan fingerprint density at radius 2 is 2.10 bits per heavy atom. The van der Waals surface area contributed by atoms with E-state index in [1.807, 2.05) is 12.3 Å². The highest BCUT2D eigenvalue weighted by molar-refractivity contribution is 5.36. The van der Waals surface area contributed by atoms with Crippen molar-refractivity contribution in [3.05, 3.63) is 12.3 Å². The van der Waals surface area contributed by atoms with Gasteiger partial charge in [0, 0.05) is 24.8 Å². The number of ether oxygens (including phenoxy) is 1. The summed E-state index contributed by atoms with van der Waals surface area (Å²) in [7, 11) is 0. The normalized spacial score (nSPS) is 19.5. The third-order valence-electron chi connectivity index (χ3n) is 4.23. The number of rotatable bonds is 7. The van der Waals surface area contributed by atoms with Gasteiger partial charge in [0.2, 0.25) is 11.8 Å². The van der Waals surface area contributed by atoms with Gasteiger partial charge in [-0.05, 0) is 51.1 Å². The summed E-state index contributed by atoms with van der Waals surface area (Å²) in [4.78, 5) is 11.5. The lowest BCUT2D eigenvalue weighted by molar-refractivity contribution is 0.304. The molecule has 21 heavy (non-hydrogen) atoms. The van der Waals surface area contributed by atoms with Crippen molar-refractivity contribution < 1.29 is 4.74 Å². The van der Waals surface area contributed by atoms with Gasteiger partial charge >= 0.3 is 0 Å². The summed E-state index contributed by atoms with van der Waals surface area (Å²) in [6.45, 7) is 6.20. The van der Waals surface area contributed by atoms with Crippen molar-refractivity contribution in [3.8, 4) is 5.88 Å². The third-order valence-corrected chi connectivity index (χ3v) is 4.23. The summed E-state index contributed by atoms with van der Waals surface area (Å²) in [6, 6.07) is 2.50. The number of anilines is 1. The average Bonchev–Trinajstić information content (AvgIpc) is 3.37. The Morgan fingerprint density at radius 1 is 1.29 bits per heavy atom. The minimum absolute atomic E-state index is 0.640. The number of hydrogen-bond donors (Lipinski definition) is 1. The van der Waals surface area contributed by atoms with Gasteiger partial charge in [0.25, 0.3) is 0 Å². The summed E-state index contributed by atoms with van der Waals surface area (Å²) < 4.78 is 5.65. The lowest BCUT2D eigenvalue weighted by Crippen LogP contribution is -2.38. The molecule has 1 aromatic rings. The molecule has 5 heteroatoms. The fourth-order valence-corrected chi connectivity index (χ4v) is 2.88. The highest BCUT2D eigenvalue weighted by Gasteiger charge is 2.32. The molecule has 5 nitrogen and oxygen atoms in total. The zero-order valence-electron chi connectivity index (χ0n) is 12.9. The Bertz CT molecular complexity index is 444. The average molecular weight is 290 g/mol. The smallest absolute Gasteiger partial charge is 0.228 e. The van der Waals surface area contributed by atoms with Crippen molar-refractivity contribution >= 4 is 5.95 Å². The second-order valence-corrected chi connectivity index (χ2v) is 6.12. The van der Waals surface area contributed by atoms with E-state index in [1.54, 1.807) is 0 Å². The predicted octanol–water partition coefficient (Wildman–Crippen LogP) is 2.23. The molecule has 2 heterocycles. The molecule has 1 aliphatic carbocycles. The van der Waals surface area contributed by atoms with Crippen LogP contribution in [0, 0.1) is 5.92 Å². The zero-order chi connectivity index (χ0) is 14.5. The van der Waals surface area contributed by atoms with Crippen LogP contribution in [-0.2, 0) is 0 Å². The maximum absolute atomic E-state index is 5.65. The second kappa shape index (κ2) is 7.07. The summed E-state index contributed by atoms with van der Waals surface area (Å²) in [5.74, 6) is 2.32. The summed E-state index contributed by atoms with van der Waals surface area (Å²) in [5.41, 5.74) is 0. The maximum Gasteiger partial charge on any atom is 0.228 e. The van der Waals surface area contributed by atoms with Gasteiger partial charge in [0.05, 0.1) is 6.61 Å². The molecule has 0 bridgehead atoms. The predicted molar refractivity (Wildman–Crippen MR) is 83.8 cm³/mol. The molecule has 2 fully saturated rings. The van der Waals surface area contributed by atoms with E-state index < -0.39 is 0 Å². The van der Waals surface area contributed by atoms with E-state index in [9.17, 15) is 0 Å². The van der Waals surface area contributed by atoms with E-state index in [0.29, 0.717) is 18.5 Å². The van der Waals surface area contributed by atoms with E-state index >= 15 is 0 Å².